The van der Waals surface area contributed by atoms with E-state index in [1.165, 1.54) is 12.0 Å². The zero-order valence-corrected chi connectivity index (χ0v) is 14.6. The molecule has 0 aromatic heterocycles. The Morgan fingerprint density at radius 2 is 1.84 bits per heavy atom. The van der Waals surface area contributed by atoms with Crippen LogP contribution < -0.4 is 24.8 Å². The molecule has 0 fully saturated rings. The first-order chi connectivity index (χ1) is 8.43. The van der Waals surface area contributed by atoms with Crippen molar-refractivity contribution in [2.24, 2.45) is 0 Å². The van der Waals surface area contributed by atoms with Gasteiger partial charge in [-0.3, -0.25) is 0 Å². The molecule has 3 rings (SSSR count). The van der Waals surface area contributed by atoms with E-state index in [0.717, 1.165) is 3.63 Å². The third-order valence-electron chi connectivity index (χ3n) is 2.91. The summed E-state index contributed by atoms with van der Waals surface area (Å²) in [5.41, 5.74) is 3.01. The third-order valence-corrected chi connectivity index (χ3v) is 6.74. The Balaban J connectivity index is 0.000000776. The van der Waals surface area contributed by atoms with Crippen LogP contribution in [0.1, 0.15) is 21.2 Å². The summed E-state index contributed by atoms with van der Waals surface area (Å²) in [5.74, 6) is 0. The first kappa shape index (κ1) is 18.6. The number of halogens is 2. The van der Waals surface area contributed by atoms with Gasteiger partial charge in [0.2, 0.25) is 0 Å². The Morgan fingerprint density at radius 3 is 2.53 bits per heavy atom. The number of allylic oxidation sites excluding steroid dienone is 5. The van der Waals surface area contributed by atoms with Crippen LogP contribution in [0.15, 0.2) is 65.0 Å². The summed E-state index contributed by atoms with van der Waals surface area (Å²) < 4.78 is 2.50. The average molecular weight is 370 g/mol. The van der Waals surface area contributed by atoms with Gasteiger partial charge in [-0.05, 0) is 0 Å². The zero-order valence-electron chi connectivity index (χ0n) is 10.7. The van der Waals surface area contributed by atoms with Crippen LogP contribution in [-0.4, -0.2) is 0 Å². The van der Waals surface area contributed by atoms with Gasteiger partial charge in [-0.2, -0.15) is 0 Å². The minimum atomic E-state index is -0.427. The normalized spacial score (nSPS) is 17.1. The Morgan fingerprint density at radius 1 is 1.11 bits per heavy atom. The van der Waals surface area contributed by atoms with Crippen LogP contribution >= 0.6 is 0 Å². The predicted octanol–water partition coefficient (Wildman–Crippen LogP) is -1.51. The average Bonchev–Trinajstić information content (AvgIpc) is 3.03. The van der Waals surface area contributed by atoms with Gasteiger partial charge in [0.25, 0.3) is 0 Å². The Bertz CT molecular complexity index is 489. The fraction of sp³-hybridized carbons (Fsp3) is 0.125. The van der Waals surface area contributed by atoms with E-state index < -0.39 is 23.2 Å². The van der Waals surface area contributed by atoms with E-state index in [4.69, 9.17) is 0 Å². The van der Waals surface area contributed by atoms with Gasteiger partial charge in [-0.15, -0.1) is 13.2 Å². The van der Waals surface area contributed by atoms with E-state index in [0.29, 0.717) is 0 Å². The van der Waals surface area contributed by atoms with Crippen LogP contribution in [0.5, 0.6) is 0 Å². The molecule has 0 heterocycles. The molecule has 0 bridgehead atoms. The van der Waals surface area contributed by atoms with Gasteiger partial charge in [0.15, 0.2) is 0 Å². The van der Waals surface area contributed by atoms with Crippen molar-refractivity contribution >= 4 is 6.08 Å². The monoisotopic (exact) mass is 368 g/mol. The molecule has 0 spiro atoms. The van der Waals surface area contributed by atoms with Crippen LogP contribution in [-0.2, 0) is 23.2 Å². The van der Waals surface area contributed by atoms with Crippen LogP contribution in [0.2, 0.25) is 0 Å². The van der Waals surface area contributed by atoms with Gasteiger partial charge >= 0.3 is 102 Å². The molecule has 19 heavy (non-hydrogen) atoms. The van der Waals surface area contributed by atoms with Crippen molar-refractivity contribution in [1.82, 2.24) is 0 Å². The molecule has 2 aliphatic rings. The zero-order chi connectivity index (χ0) is 12.1. The second-order valence-electron chi connectivity index (χ2n) is 3.93. The van der Waals surface area contributed by atoms with E-state index in [1.807, 2.05) is 0 Å². The molecule has 1 aromatic carbocycles. The van der Waals surface area contributed by atoms with E-state index in [-0.39, 0.29) is 24.8 Å². The van der Waals surface area contributed by atoms with Crippen LogP contribution in [0.4, 0.5) is 0 Å². The van der Waals surface area contributed by atoms with Gasteiger partial charge in [0, 0.05) is 0 Å². The summed E-state index contributed by atoms with van der Waals surface area (Å²) in [5, 5.41) is 0. The predicted molar refractivity (Wildman–Crippen MR) is 71.3 cm³/mol. The molecular weight excluding hydrogens is 354 g/mol. The molecule has 98 valence electrons. The maximum atomic E-state index is 3.00. The standard InChI is InChI=1S/C9H7.C5H5.C2H4.2ClH.Zr/c1-2-5-9-7-3-6-8(9)4-1;1-2-4-5-3-1;1-2;;;/h1-7H;1-3H,4H2;1-2H2;2*1H;/q;;;;;+2/p-2. The van der Waals surface area contributed by atoms with Gasteiger partial charge in [-0.25, -0.2) is 0 Å². The number of rotatable bonds is 2. The summed E-state index contributed by atoms with van der Waals surface area (Å²) in [4.78, 5) is 0. The molecule has 1 unspecified atom stereocenters. The first-order valence-electron chi connectivity index (χ1n) is 5.83. The Kier molecular flexibility index (Phi) is 9.35. The van der Waals surface area contributed by atoms with Gasteiger partial charge in [-0.1, -0.05) is 0 Å². The van der Waals surface area contributed by atoms with Gasteiger partial charge in [0.1, 0.15) is 0 Å². The molecule has 0 aliphatic heterocycles. The van der Waals surface area contributed by atoms with Gasteiger partial charge in [0.05, 0.1) is 0 Å². The third kappa shape index (κ3) is 4.60. The molecule has 0 amide bonds. The largest absolute Gasteiger partial charge is 1.00 e. The van der Waals surface area contributed by atoms with Crippen molar-refractivity contribution in [1.29, 1.82) is 0 Å². The number of hydrogen-bond donors (Lipinski definition) is 0. The molecule has 0 saturated heterocycles. The van der Waals surface area contributed by atoms with Crippen molar-refractivity contribution in [3.05, 3.63) is 76.1 Å². The van der Waals surface area contributed by atoms with Crippen molar-refractivity contribution in [3.63, 3.8) is 0 Å². The van der Waals surface area contributed by atoms with E-state index >= 15 is 0 Å². The second-order valence-corrected chi connectivity index (χ2v) is 7.75. The summed E-state index contributed by atoms with van der Waals surface area (Å²) in [7, 11) is 0. The Hall–Kier alpha value is -0.357. The van der Waals surface area contributed by atoms with E-state index in [9.17, 15) is 0 Å². The summed E-state index contributed by atoms with van der Waals surface area (Å²) in [6.45, 7) is 6.00. The summed E-state index contributed by atoms with van der Waals surface area (Å²) in [6, 6.07) is 8.82. The maximum absolute atomic E-state index is 3.00. The maximum Gasteiger partial charge on any atom is -0.106 e. The van der Waals surface area contributed by atoms with Crippen molar-refractivity contribution in [3.8, 4) is 0 Å². The molecular formula is C16H16Cl2Zr. The summed E-state index contributed by atoms with van der Waals surface area (Å²) >= 11 is -0.427. The molecule has 0 N–H and O–H groups in total. The topological polar surface area (TPSA) is 0 Å². The molecule has 0 radical (unpaired) electrons. The smallest absolute Gasteiger partial charge is 0.106 e. The fourth-order valence-electron chi connectivity index (χ4n) is 2.13. The fourth-order valence-corrected chi connectivity index (χ4v) is 5.67. The molecule has 0 nitrogen and oxygen atoms in total. The number of fused-ring (bicyclic) bond motifs is 1. The van der Waals surface area contributed by atoms with Crippen LogP contribution in [0.25, 0.3) is 6.08 Å². The Labute approximate surface area is 139 Å². The molecule has 1 aromatic rings. The van der Waals surface area contributed by atoms with E-state index in [2.05, 4.69) is 67.8 Å². The quantitative estimate of drug-likeness (QED) is 0.556. The minimum absolute atomic E-state index is 0. The number of hydrogen-bond acceptors (Lipinski definition) is 0. The summed E-state index contributed by atoms with van der Waals surface area (Å²) in [6.07, 6.45) is 12.8. The van der Waals surface area contributed by atoms with Gasteiger partial charge < -0.3 is 24.8 Å². The molecule has 3 heteroatoms. The SMILES string of the molecule is C1=CC[C]([Zr+2][CH]2C=Cc3ccccc32)=C1.C=C.[Cl-].[Cl-]. The van der Waals surface area contributed by atoms with Crippen molar-refractivity contribution in [2.45, 2.75) is 10.0 Å². The number of benzene rings is 1. The molecule has 2 aliphatic carbocycles. The second kappa shape index (κ2) is 9.53. The van der Waals surface area contributed by atoms with E-state index in [1.54, 1.807) is 8.84 Å². The van der Waals surface area contributed by atoms with Crippen LogP contribution in [0.3, 0.4) is 0 Å². The van der Waals surface area contributed by atoms with Crippen molar-refractivity contribution in [2.75, 3.05) is 0 Å². The minimum Gasteiger partial charge on any atom is -1.00 e. The molecule has 1 atom stereocenters. The van der Waals surface area contributed by atoms with Crippen molar-refractivity contribution < 1.29 is 48.0 Å². The first-order valence-corrected chi connectivity index (χ1v) is 8.48. The van der Waals surface area contributed by atoms with Crippen LogP contribution in [0, 0.1) is 0 Å². The molecule has 0 saturated carbocycles.